The molecular formula is C14H16N2. The first-order chi connectivity index (χ1) is 7.77. The number of benzene rings is 2. The molecule has 0 amide bonds. The number of hydrogen-bond donors (Lipinski definition) is 2. The summed E-state index contributed by atoms with van der Waals surface area (Å²) in [4.78, 5) is 0. The quantitative estimate of drug-likeness (QED) is 0.692. The molecule has 0 spiro atoms. The van der Waals surface area contributed by atoms with Crippen LogP contribution >= 0.6 is 0 Å². The van der Waals surface area contributed by atoms with Gasteiger partial charge in [-0.3, -0.25) is 0 Å². The van der Waals surface area contributed by atoms with Crippen molar-refractivity contribution in [3.63, 3.8) is 0 Å². The van der Waals surface area contributed by atoms with Crippen molar-refractivity contribution < 1.29 is 0 Å². The zero-order chi connectivity index (χ0) is 11.5. The lowest BCUT2D eigenvalue weighted by atomic mass is 10.1. The maximum absolute atomic E-state index is 7.82. The molecule has 2 heteroatoms. The first-order valence-electron chi connectivity index (χ1n) is 5.45. The maximum atomic E-state index is 7.82. The van der Waals surface area contributed by atoms with Gasteiger partial charge < -0.3 is 10.7 Å². The molecule has 0 bridgehead atoms. The van der Waals surface area contributed by atoms with E-state index in [4.69, 9.17) is 5.41 Å². The molecule has 82 valence electrons. The lowest BCUT2D eigenvalue weighted by Gasteiger charge is -1.98. The second kappa shape index (κ2) is 4.45. The molecule has 0 atom stereocenters. The van der Waals surface area contributed by atoms with Crippen LogP contribution in [-0.2, 0) is 6.42 Å². The van der Waals surface area contributed by atoms with E-state index in [1.807, 2.05) is 26.2 Å². The Bertz CT molecular complexity index is 524. The summed E-state index contributed by atoms with van der Waals surface area (Å²) < 4.78 is 0. The monoisotopic (exact) mass is 212 g/mol. The smallest absolute Gasteiger partial charge is 0.0436 e. The van der Waals surface area contributed by atoms with Gasteiger partial charge in [-0.15, -0.1) is 0 Å². The molecule has 0 heterocycles. The van der Waals surface area contributed by atoms with Crippen molar-refractivity contribution in [1.82, 2.24) is 5.32 Å². The predicted octanol–water partition coefficient (Wildman–Crippen LogP) is 2.60. The van der Waals surface area contributed by atoms with Crippen LogP contribution in [0, 0.1) is 5.41 Å². The molecule has 0 saturated heterocycles. The zero-order valence-electron chi connectivity index (χ0n) is 9.67. The van der Waals surface area contributed by atoms with Gasteiger partial charge in [0.15, 0.2) is 0 Å². The molecule has 2 aromatic rings. The minimum absolute atomic E-state index is 0.756. The van der Waals surface area contributed by atoms with Gasteiger partial charge in [0.1, 0.15) is 0 Å². The van der Waals surface area contributed by atoms with Crippen LogP contribution in [0.25, 0.3) is 10.8 Å². The summed E-state index contributed by atoms with van der Waals surface area (Å²) in [6.45, 7) is 0. The molecule has 0 fully saturated rings. The van der Waals surface area contributed by atoms with Crippen LogP contribution in [0.5, 0.6) is 0 Å². The minimum Gasteiger partial charge on any atom is -0.323 e. The zero-order valence-corrected chi connectivity index (χ0v) is 9.67. The van der Waals surface area contributed by atoms with Gasteiger partial charge in [0, 0.05) is 17.7 Å². The summed E-state index contributed by atoms with van der Waals surface area (Å²) >= 11 is 0. The molecule has 0 radical (unpaired) electrons. The highest BCUT2D eigenvalue weighted by Gasteiger charge is 2.17. The Kier molecular flexibility index (Phi) is 3.02. The molecule has 0 saturated carbocycles. The van der Waals surface area contributed by atoms with Gasteiger partial charge in [-0.25, -0.2) is 0 Å². The Morgan fingerprint density at radius 3 is 2.38 bits per heavy atom. The van der Waals surface area contributed by atoms with Crippen molar-refractivity contribution in [3.8, 4) is 0 Å². The highest BCUT2D eigenvalue weighted by atomic mass is 14.7. The first kappa shape index (κ1) is 10.8. The van der Waals surface area contributed by atoms with E-state index < -0.39 is 0 Å². The van der Waals surface area contributed by atoms with Gasteiger partial charge in [0.25, 0.3) is 0 Å². The van der Waals surface area contributed by atoms with Gasteiger partial charge in [0.2, 0.25) is 0 Å². The topological polar surface area (TPSA) is 35.9 Å². The van der Waals surface area contributed by atoms with Crippen LogP contribution in [0.1, 0.15) is 11.1 Å². The van der Waals surface area contributed by atoms with Crippen molar-refractivity contribution in [3.05, 3.63) is 47.5 Å². The van der Waals surface area contributed by atoms with E-state index in [0.29, 0.717) is 0 Å². The van der Waals surface area contributed by atoms with Gasteiger partial charge in [-0.1, -0.05) is 36.4 Å². The van der Waals surface area contributed by atoms with E-state index in [2.05, 4.69) is 29.6 Å². The second-order valence-electron chi connectivity index (χ2n) is 3.98. The Balaban J connectivity index is 0.000000292. The van der Waals surface area contributed by atoms with E-state index in [1.165, 1.54) is 16.3 Å². The van der Waals surface area contributed by atoms with E-state index >= 15 is 0 Å². The summed E-state index contributed by atoms with van der Waals surface area (Å²) in [5.41, 5.74) is 3.18. The highest BCUT2D eigenvalue weighted by molar-refractivity contribution is 6.16. The predicted molar refractivity (Wildman–Crippen MR) is 69.5 cm³/mol. The van der Waals surface area contributed by atoms with Crippen molar-refractivity contribution in [1.29, 1.82) is 5.41 Å². The standard InChI is InChI=1S/C12H9N.C2H7N/c13-11-7-9-5-1-3-8-4-2-6-10(11)12(8)9;1-3-2/h1-6,13H,7H2;3H,1-2H3. The minimum atomic E-state index is 0.756. The summed E-state index contributed by atoms with van der Waals surface area (Å²) in [5, 5.41) is 13.1. The summed E-state index contributed by atoms with van der Waals surface area (Å²) in [6, 6.07) is 12.5. The molecule has 3 rings (SSSR count). The molecule has 1 aliphatic carbocycles. The average Bonchev–Trinajstić information content (AvgIpc) is 2.60. The Hall–Kier alpha value is -1.67. The number of nitrogens with one attached hydrogen (secondary N) is 2. The normalized spacial score (nSPS) is 12.5. The van der Waals surface area contributed by atoms with Crippen molar-refractivity contribution in [2.75, 3.05) is 14.1 Å². The Morgan fingerprint density at radius 1 is 1.06 bits per heavy atom. The number of hydrogen-bond acceptors (Lipinski definition) is 2. The van der Waals surface area contributed by atoms with E-state index in [-0.39, 0.29) is 0 Å². The summed E-state index contributed by atoms with van der Waals surface area (Å²) in [5.74, 6) is 0. The molecule has 16 heavy (non-hydrogen) atoms. The van der Waals surface area contributed by atoms with Gasteiger partial charge >= 0.3 is 0 Å². The third-order valence-electron chi connectivity index (χ3n) is 2.68. The molecule has 1 aliphatic rings. The first-order valence-corrected chi connectivity index (χ1v) is 5.45. The van der Waals surface area contributed by atoms with Crippen molar-refractivity contribution >= 4 is 16.5 Å². The third-order valence-corrected chi connectivity index (χ3v) is 2.68. The fraction of sp³-hybridized carbons (Fsp3) is 0.214. The molecule has 2 nitrogen and oxygen atoms in total. The maximum Gasteiger partial charge on any atom is 0.0436 e. The van der Waals surface area contributed by atoms with Crippen LogP contribution in [0.4, 0.5) is 0 Å². The Morgan fingerprint density at radius 2 is 1.69 bits per heavy atom. The fourth-order valence-corrected chi connectivity index (χ4v) is 2.10. The molecule has 2 N–H and O–H groups in total. The van der Waals surface area contributed by atoms with Crippen molar-refractivity contribution in [2.24, 2.45) is 0 Å². The Labute approximate surface area is 95.8 Å². The van der Waals surface area contributed by atoms with Crippen LogP contribution < -0.4 is 5.32 Å². The number of rotatable bonds is 0. The van der Waals surface area contributed by atoms with Crippen LogP contribution in [0.2, 0.25) is 0 Å². The fourth-order valence-electron chi connectivity index (χ4n) is 2.10. The lowest BCUT2D eigenvalue weighted by molar-refractivity contribution is 1.02. The van der Waals surface area contributed by atoms with Crippen LogP contribution in [-0.4, -0.2) is 19.8 Å². The second-order valence-corrected chi connectivity index (χ2v) is 3.98. The molecule has 0 aromatic heterocycles. The van der Waals surface area contributed by atoms with Crippen molar-refractivity contribution in [2.45, 2.75) is 6.42 Å². The van der Waals surface area contributed by atoms with Crippen LogP contribution in [0.3, 0.4) is 0 Å². The van der Waals surface area contributed by atoms with Gasteiger partial charge in [-0.2, -0.15) is 0 Å². The van der Waals surface area contributed by atoms with Crippen LogP contribution in [0.15, 0.2) is 36.4 Å². The lowest BCUT2D eigenvalue weighted by Crippen LogP contribution is -1.93. The average molecular weight is 212 g/mol. The molecule has 0 unspecified atom stereocenters. The third kappa shape index (κ3) is 1.72. The summed E-state index contributed by atoms with van der Waals surface area (Å²) in [7, 11) is 3.75. The van der Waals surface area contributed by atoms with Gasteiger partial charge in [-0.05, 0) is 30.4 Å². The molecule has 2 aromatic carbocycles. The summed E-state index contributed by atoms with van der Waals surface area (Å²) in [6.07, 6.45) is 0.802. The molecule has 0 aliphatic heterocycles. The SMILES string of the molecule is CNC.N=C1Cc2cccc3cccc1c23. The van der Waals surface area contributed by atoms with E-state index in [1.54, 1.807) is 0 Å². The van der Waals surface area contributed by atoms with E-state index in [9.17, 15) is 0 Å². The highest BCUT2D eigenvalue weighted by Crippen LogP contribution is 2.29. The van der Waals surface area contributed by atoms with E-state index in [0.717, 1.165) is 17.7 Å². The molecular weight excluding hydrogens is 196 g/mol. The largest absolute Gasteiger partial charge is 0.323 e. The van der Waals surface area contributed by atoms with Gasteiger partial charge in [0.05, 0.1) is 0 Å².